The highest BCUT2D eigenvalue weighted by Crippen LogP contribution is 2.30. The van der Waals surface area contributed by atoms with E-state index in [0.717, 1.165) is 18.2 Å². The van der Waals surface area contributed by atoms with Crippen LogP contribution in [0.1, 0.15) is 5.56 Å². The average molecular weight is 203 g/mol. The molecule has 6 heteroatoms. The summed E-state index contributed by atoms with van der Waals surface area (Å²) in [6.45, 7) is 0. The standard InChI is InChI=1S/C8H4F3NO2/c9-8(10,11)4-1-2-6-5(3-4)7(13)12-14-6/h1-3H,(H,12,13). The minimum atomic E-state index is -4.45. The van der Waals surface area contributed by atoms with Gasteiger partial charge in [0.1, 0.15) is 0 Å². The average Bonchev–Trinajstić information content (AvgIpc) is 2.46. The molecule has 0 fully saturated rings. The number of alkyl halides is 3. The predicted octanol–water partition coefficient (Wildman–Crippen LogP) is 2.14. The van der Waals surface area contributed by atoms with Gasteiger partial charge in [-0.3, -0.25) is 4.79 Å². The number of hydrogen-bond donors (Lipinski definition) is 1. The molecule has 0 spiro atoms. The fourth-order valence-corrected chi connectivity index (χ4v) is 1.13. The molecule has 0 unspecified atom stereocenters. The van der Waals surface area contributed by atoms with Gasteiger partial charge < -0.3 is 4.52 Å². The highest BCUT2D eigenvalue weighted by molar-refractivity contribution is 5.76. The predicted molar refractivity (Wildman–Crippen MR) is 41.8 cm³/mol. The first-order chi connectivity index (χ1) is 6.48. The molecule has 0 atom stereocenters. The van der Waals surface area contributed by atoms with Crippen LogP contribution in [0.5, 0.6) is 0 Å². The first kappa shape index (κ1) is 8.86. The molecule has 0 aliphatic heterocycles. The van der Waals surface area contributed by atoms with Crippen molar-refractivity contribution in [2.24, 2.45) is 0 Å². The first-order valence-corrected chi connectivity index (χ1v) is 3.67. The summed E-state index contributed by atoms with van der Waals surface area (Å²) in [6.07, 6.45) is -4.45. The Bertz CT molecular complexity index is 523. The Morgan fingerprint density at radius 3 is 2.64 bits per heavy atom. The van der Waals surface area contributed by atoms with E-state index in [2.05, 4.69) is 4.52 Å². The van der Waals surface area contributed by atoms with E-state index in [9.17, 15) is 18.0 Å². The molecule has 0 aliphatic rings. The molecule has 1 aromatic heterocycles. The van der Waals surface area contributed by atoms with Crippen molar-refractivity contribution in [1.29, 1.82) is 0 Å². The SMILES string of the molecule is O=c1[nH]oc2ccc(C(F)(F)F)cc12. The lowest BCUT2D eigenvalue weighted by molar-refractivity contribution is -0.137. The summed E-state index contributed by atoms with van der Waals surface area (Å²) >= 11 is 0. The van der Waals surface area contributed by atoms with Gasteiger partial charge in [0.05, 0.1) is 10.9 Å². The number of halogens is 3. The molecule has 3 nitrogen and oxygen atoms in total. The zero-order valence-corrected chi connectivity index (χ0v) is 6.68. The van der Waals surface area contributed by atoms with E-state index in [-0.39, 0.29) is 11.0 Å². The van der Waals surface area contributed by atoms with Gasteiger partial charge >= 0.3 is 6.18 Å². The van der Waals surface area contributed by atoms with Crippen molar-refractivity contribution >= 4 is 11.0 Å². The molecule has 74 valence electrons. The fourth-order valence-electron chi connectivity index (χ4n) is 1.13. The van der Waals surface area contributed by atoms with Gasteiger partial charge in [-0.05, 0) is 18.2 Å². The third-order valence-corrected chi connectivity index (χ3v) is 1.81. The second-order valence-corrected chi connectivity index (χ2v) is 2.74. The summed E-state index contributed by atoms with van der Waals surface area (Å²) < 4.78 is 41.2. The van der Waals surface area contributed by atoms with Crippen molar-refractivity contribution < 1.29 is 17.7 Å². The summed E-state index contributed by atoms with van der Waals surface area (Å²) in [6, 6.07) is 2.73. The number of aromatic amines is 1. The lowest BCUT2D eigenvalue weighted by Crippen LogP contribution is -2.05. The van der Waals surface area contributed by atoms with Crippen LogP contribution in [0.4, 0.5) is 13.2 Å². The Kier molecular flexibility index (Phi) is 1.67. The Labute approximate surface area is 75.1 Å². The maximum Gasteiger partial charge on any atom is 0.416 e. The van der Waals surface area contributed by atoms with Crippen LogP contribution in [0.2, 0.25) is 0 Å². The van der Waals surface area contributed by atoms with Gasteiger partial charge in [-0.1, -0.05) is 0 Å². The van der Waals surface area contributed by atoms with Gasteiger partial charge in [-0.15, -0.1) is 0 Å². The summed E-state index contributed by atoms with van der Waals surface area (Å²) in [5.74, 6) is 0. The summed E-state index contributed by atoms with van der Waals surface area (Å²) in [7, 11) is 0. The monoisotopic (exact) mass is 203 g/mol. The van der Waals surface area contributed by atoms with E-state index >= 15 is 0 Å². The number of aromatic nitrogens is 1. The van der Waals surface area contributed by atoms with Crippen LogP contribution in [-0.4, -0.2) is 5.16 Å². The zero-order valence-electron chi connectivity index (χ0n) is 6.68. The maximum atomic E-state index is 12.2. The molecule has 0 aliphatic carbocycles. The van der Waals surface area contributed by atoms with Crippen LogP contribution in [-0.2, 0) is 6.18 Å². The molecule has 1 aromatic carbocycles. The lowest BCUT2D eigenvalue weighted by atomic mass is 10.1. The molecule has 1 N–H and O–H groups in total. The van der Waals surface area contributed by atoms with E-state index in [1.807, 2.05) is 5.16 Å². The third kappa shape index (κ3) is 1.28. The molecular formula is C8H4F3NO2. The zero-order chi connectivity index (χ0) is 10.3. The molecule has 0 saturated heterocycles. The Morgan fingerprint density at radius 2 is 2.00 bits per heavy atom. The second kappa shape index (κ2) is 2.63. The van der Waals surface area contributed by atoms with Gasteiger partial charge in [-0.2, -0.15) is 18.3 Å². The number of nitrogens with one attached hydrogen (secondary N) is 1. The van der Waals surface area contributed by atoms with E-state index in [4.69, 9.17) is 0 Å². The van der Waals surface area contributed by atoms with Crippen molar-refractivity contribution in [3.63, 3.8) is 0 Å². The molecule has 0 saturated carbocycles. The highest BCUT2D eigenvalue weighted by Gasteiger charge is 2.30. The van der Waals surface area contributed by atoms with Crippen molar-refractivity contribution in [1.82, 2.24) is 5.16 Å². The number of fused-ring (bicyclic) bond motifs is 1. The Morgan fingerprint density at radius 1 is 1.29 bits per heavy atom. The van der Waals surface area contributed by atoms with Crippen LogP contribution in [0.15, 0.2) is 27.5 Å². The molecule has 0 radical (unpaired) electrons. The van der Waals surface area contributed by atoms with Crippen molar-refractivity contribution in [3.05, 3.63) is 34.1 Å². The summed E-state index contributed by atoms with van der Waals surface area (Å²) in [5, 5.41) is 1.86. The molecule has 2 aromatic rings. The molecule has 1 heterocycles. The molecule has 14 heavy (non-hydrogen) atoms. The lowest BCUT2D eigenvalue weighted by Gasteiger charge is -2.04. The van der Waals surface area contributed by atoms with Crippen LogP contribution in [0, 0.1) is 0 Å². The van der Waals surface area contributed by atoms with Crippen LogP contribution in [0.3, 0.4) is 0 Å². The molecule has 2 rings (SSSR count). The Hall–Kier alpha value is -1.72. The van der Waals surface area contributed by atoms with Gasteiger partial charge in [0, 0.05) is 0 Å². The topological polar surface area (TPSA) is 46.0 Å². The highest BCUT2D eigenvalue weighted by atomic mass is 19.4. The minimum Gasteiger partial charge on any atom is -0.378 e. The van der Waals surface area contributed by atoms with E-state index in [0.29, 0.717) is 0 Å². The first-order valence-electron chi connectivity index (χ1n) is 3.67. The van der Waals surface area contributed by atoms with E-state index in [1.54, 1.807) is 0 Å². The molecule has 0 amide bonds. The molecule has 0 bridgehead atoms. The maximum absolute atomic E-state index is 12.2. The van der Waals surface area contributed by atoms with Gasteiger partial charge in [0.25, 0.3) is 5.56 Å². The van der Waals surface area contributed by atoms with Crippen LogP contribution >= 0.6 is 0 Å². The van der Waals surface area contributed by atoms with E-state index in [1.165, 1.54) is 0 Å². The van der Waals surface area contributed by atoms with Crippen molar-refractivity contribution in [3.8, 4) is 0 Å². The van der Waals surface area contributed by atoms with Crippen molar-refractivity contribution in [2.75, 3.05) is 0 Å². The number of benzene rings is 1. The van der Waals surface area contributed by atoms with Gasteiger partial charge in [0.15, 0.2) is 5.58 Å². The fraction of sp³-hybridized carbons (Fsp3) is 0.125. The number of rotatable bonds is 0. The van der Waals surface area contributed by atoms with Gasteiger partial charge in [-0.25, -0.2) is 0 Å². The smallest absolute Gasteiger partial charge is 0.378 e. The largest absolute Gasteiger partial charge is 0.416 e. The minimum absolute atomic E-state index is 0.0974. The second-order valence-electron chi connectivity index (χ2n) is 2.74. The normalized spacial score (nSPS) is 12.2. The van der Waals surface area contributed by atoms with Crippen LogP contribution in [0.25, 0.3) is 11.0 Å². The number of hydrogen-bond acceptors (Lipinski definition) is 2. The van der Waals surface area contributed by atoms with E-state index < -0.39 is 17.3 Å². The van der Waals surface area contributed by atoms with Crippen LogP contribution < -0.4 is 5.56 Å². The van der Waals surface area contributed by atoms with Crippen molar-refractivity contribution in [2.45, 2.75) is 6.18 Å². The van der Waals surface area contributed by atoms with Gasteiger partial charge in [0.2, 0.25) is 0 Å². The molecular weight excluding hydrogens is 199 g/mol. The third-order valence-electron chi connectivity index (χ3n) is 1.81. The quantitative estimate of drug-likeness (QED) is 0.712. The Balaban J connectivity index is 2.72. The summed E-state index contributed by atoms with van der Waals surface area (Å²) in [4.78, 5) is 10.9. The number of H-pyrrole nitrogens is 1. The summed E-state index contributed by atoms with van der Waals surface area (Å²) in [5.41, 5.74) is -1.41.